The van der Waals surface area contributed by atoms with E-state index in [0.29, 0.717) is 6.41 Å². The smallest absolute Gasteiger partial charge is 0.357 e. The van der Waals surface area contributed by atoms with E-state index in [-0.39, 0.29) is 17.4 Å². The highest BCUT2D eigenvalue weighted by atomic mass is 31.2. The molecule has 0 unspecified atom stereocenters. The maximum absolute atomic E-state index is 13.2. The van der Waals surface area contributed by atoms with Crippen LogP contribution < -0.4 is 21.7 Å². The quantitative estimate of drug-likeness (QED) is 0.0628. The lowest BCUT2D eigenvalue weighted by Gasteiger charge is -2.23. The van der Waals surface area contributed by atoms with Crippen LogP contribution in [0, 0.1) is 10.8 Å². The van der Waals surface area contributed by atoms with Crippen LogP contribution in [0.3, 0.4) is 0 Å². The molecule has 0 aliphatic carbocycles. The minimum atomic E-state index is -4.13. The van der Waals surface area contributed by atoms with Crippen molar-refractivity contribution in [1.82, 2.24) is 16.0 Å². The first-order valence-electron chi connectivity index (χ1n) is 12.0. The predicted molar refractivity (Wildman–Crippen MR) is 138 cm³/mol. The molecule has 38 heavy (non-hydrogen) atoms. The van der Waals surface area contributed by atoms with Gasteiger partial charge in [0.15, 0.2) is 0 Å². The Kier molecular flexibility index (Phi) is 13.1. The van der Waals surface area contributed by atoms with Gasteiger partial charge in [0.1, 0.15) is 12.0 Å². The molecule has 5 N–H and O–H groups in total. The zero-order valence-electron chi connectivity index (χ0n) is 22.8. The fourth-order valence-corrected chi connectivity index (χ4v) is 3.65. The average molecular weight is 562 g/mol. The zero-order valence-corrected chi connectivity index (χ0v) is 23.7. The molecule has 1 aliphatic rings. The maximum atomic E-state index is 13.2. The fraction of sp³-hybridized carbons (Fsp3) is 0.696. The first-order valence-corrected chi connectivity index (χ1v) is 13.8. The van der Waals surface area contributed by atoms with Gasteiger partial charge in [-0.2, -0.15) is 0 Å². The van der Waals surface area contributed by atoms with E-state index in [1.165, 1.54) is 0 Å². The number of hydrogen-bond donors (Lipinski definition) is 4. The molecule has 1 fully saturated rings. The lowest BCUT2D eigenvalue weighted by molar-refractivity contribution is -0.162. The molecular weight excluding hydrogens is 521 g/mol. The third kappa shape index (κ3) is 12.2. The van der Waals surface area contributed by atoms with Gasteiger partial charge in [-0.1, -0.05) is 0 Å². The minimum Gasteiger partial charge on any atom is -0.438 e. The van der Waals surface area contributed by atoms with Crippen LogP contribution in [0.1, 0.15) is 54.4 Å². The second-order valence-corrected chi connectivity index (χ2v) is 12.5. The first-order chi connectivity index (χ1) is 17.6. The topological polar surface area (TPSA) is 197 Å². The normalized spacial score (nSPS) is 15.9. The second kappa shape index (κ2) is 15.0. The Bertz CT molecular complexity index is 912. The summed E-state index contributed by atoms with van der Waals surface area (Å²) in [5, 5.41) is 8.24. The fourth-order valence-electron chi connectivity index (χ4n) is 2.70. The molecule has 216 valence electrons. The summed E-state index contributed by atoms with van der Waals surface area (Å²) >= 11 is 0. The number of nitrogens with one attached hydrogen (secondary N) is 3. The Labute approximate surface area is 223 Å². The summed E-state index contributed by atoms with van der Waals surface area (Å²) in [5.74, 6) is -1.83. The number of ether oxygens (including phenoxy) is 2. The van der Waals surface area contributed by atoms with E-state index in [0.717, 1.165) is 32.1 Å². The molecule has 0 saturated carbocycles. The first kappa shape index (κ1) is 33.2. The number of nitrogens with zero attached hydrogens (tertiary/aromatic N) is 1. The zero-order chi connectivity index (χ0) is 29.0. The molecule has 2 amide bonds. The highest BCUT2D eigenvalue weighted by Crippen LogP contribution is 2.48. The van der Waals surface area contributed by atoms with Crippen LogP contribution in [0.2, 0.25) is 0 Å². The largest absolute Gasteiger partial charge is 0.438 e. The van der Waals surface area contributed by atoms with Gasteiger partial charge in [0.2, 0.25) is 20.0 Å². The highest BCUT2D eigenvalue weighted by Gasteiger charge is 2.30. The maximum Gasteiger partial charge on any atom is 0.357 e. The molecule has 15 heteroatoms. The number of amides is 2. The molecular formula is C23H40N5O9P. The van der Waals surface area contributed by atoms with Crippen LogP contribution in [0.15, 0.2) is 16.4 Å². The molecule has 1 rings (SSSR count). The van der Waals surface area contributed by atoms with Gasteiger partial charge in [-0.3, -0.25) is 37.8 Å². The Morgan fingerprint density at radius 1 is 1.00 bits per heavy atom. The summed E-state index contributed by atoms with van der Waals surface area (Å²) in [4.78, 5) is 51.5. The van der Waals surface area contributed by atoms with Gasteiger partial charge in [-0.05, 0) is 67.5 Å². The van der Waals surface area contributed by atoms with Crippen molar-refractivity contribution >= 4 is 38.1 Å². The predicted octanol–water partition coefficient (Wildman–Crippen LogP) is 1.12. The second-order valence-electron chi connectivity index (χ2n) is 10.5. The monoisotopic (exact) mass is 561 g/mol. The summed E-state index contributed by atoms with van der Waals surface area (Å²) in [7, 11) is -4.13. The van der Waals surface area contributed by atoms with Crippen LogP contribution in [0.4, 0.5) is 0 Å². The van der Waals surface area contributed by atoms with E-state index in [1.54, 1.807) is 41.5 Å². The summed E-state index contributed by atoms with van der Waals surface area (Å²) in [5.41, 5.74) is 3.80. The molecule has 0 bridgehead atoms. The van der Waals surface area contributed by atoms with Crippen LogP contribution in [-0.4, -0.2) is 69.5 Å². The number of rotatable bonds is 13. The summed E-state index contributed by atoms with van der Waals surface area (Å²) in [6, 6.07) is -0.0784. The van der Waals surface area contributed by atoms with Gasteiger partial charge in [-0.15, -0.1) is 0 Å². The molecule has 0 aromatic rings. The summed E-state index contributed by atoms with van der Waals surface area (Å²) in [6.07, 6.45) is 2.13. The lowest BCUT2D eigenvalue weighted by atomic mass is 9.98. The van der Waals surface area contributed by atoms with Crippen molar-refractivity contribution in [2.75, 3.05) is 33.0 Å². The number of carbonyl (C=O) groups is 4. The molecule has 0 aromatic heterocycles. The Balaban J connectivity index is 2.96. The number of esters is 2. The third-order valence-corrected chi connectivity index (χ3v) is 6.51. The highest BCUT2D eigenvalue weighted by molar-refractivity contribution is 7.53. The standard InChI is InChI=1S/C23H40N5O9P/c1-22(2,3)20(31)34-14-36-38(33,37-15-35-21(32)23(4,5)6)13-26-11-17(27-12-29)18(24)19(30)28-16-7-9-25-10-8-16/h11-12,16,25H,7-10,13-15,24H2,1-6H3,(H,27,29)(H,28,30)/b18-17+,26-11+. The number of aliphatic imine (C=N–C) groups is 1. The Hall–Kier alpha value is -2.80. The molecule has 1 saturated heterocycles. The SMILES string of the molecule is CC(C)(C)C(=O)OCOP(=O)(C/N=C/C(NC=O)=C(\N)C(=O)NC1CCNCC1)OCOC(=O)C(C)(C)C. The Morgan fingerprint density at radius 2 is 1.50 bits per heavy atom. The van der Waals surface area contributed by atoms with Crippen molar-refractivity contribution < 1.29 is 42.3 Å². The van der Waals surface area contributed by atoms with Crippen molar-refractivity contribution in [2.24, 2.45) is 21.6 Å². The molecule has 1 aliphatic heterocycles. The number of hydrogen-bond acceptors (Lipinski definition) is 12. The van der Waals surface area contributed by atoms with Gasteiger partial charge in [0, 0.05) is 12.3 Å². The lowest BCUT2D eigenvalue weighted by Crippen LogP contribution is -2.44. The van der Waals surface area contributed by atoms with E-state index in [9.17, 15) is 23.7 Å². The van der Waals surface area contributed by atoms with E-state index in [4.69, 9.17) is 24.3 Å². The summed E-state index contributed by atoms with van der Waals surface area (Å²) in [6.45, 7) is 9.83. The van der Waals surface area contributed by atoms with Crippen molar-refractivity contribution in [2.45, 2.75) is 60.4 Å². The number of allylic oxidation sites excluding steroid dienone is 1. The van der Waals surface area contributed by atoms with E-state index >= 15 is 0 Å². The number of carbonyl (C=O) groups excluding carboxylic acids is 4. The van der Waals surface area contributed by atoms with Crippen LogP contribution in [-0.2, 0) is 42.3 Å². The van der Waals surface area contributed by atoms with Gasteiger partial charge >= 0.3 is 19.5 Å². The van der Waals surface area contributed by atoms with Crippen molar-refractivity contribution in [3.05, 3.63) is 11.4 Å². The van der Waals surface area contributed by atoms with Crippen molar-refractivity contribution in [3.63, 3.8) is 0 Å². The molecule has 0 atom stereocenters. The minimum absolute atomic E-state index is 0.0784. The van der Waals surface area contributed by atoms with Gasteiger partial charge in [0.05, 0.1) is 16.5 Å². The van der Waals surface area contributed by atoms with Crippen molar-refractivity contribution in [1.29, 1.82) is 0 Å². The van der Waals surface area contributed by atoms with Crippen LogP contribution >= 0.6 is 7.60 Å². The van der Waals surface area contributed by atoms with E-state index in [2.05, 4.69) is 20.9 Å². The Morgan fingerprint density at radius 3 is 1.95 bits per heavy atom. The van der Waals surface area contributed by atoms with E-state index < -0.39 is 56.1 Å². The van der Waals surface area contributed by atoms with Crippen LogP contribution in [0.25, 0.3) is 0 Å². The van der Waals surface area contributed by atoms with Crippen molar-refractivity contribution in [3.8, 4) is 0 Å². The number of piperidine rings is 1. The summed E-state index contributed by atoms with van der Waals surface area (Å²) < 4.78 is 33.5. The van der Waals surface area contributed by atoms with E-state index in [1.807, 2.05) is 0 Å². The third-order valence-electron chi connectivity index (χ3n) is 5.00. The average Bonchev–Trinajstić information content (AvgIpc) is 2.82. The van der Waals surface area contributed by atoms with Gasteiger partial charge in [-0.25, -0.2) is 0 Å². The molecule has 0 spiro atoms. The molecule has 14 nitrogen and oxygen atoms in total. The molecule has 1 heterocycles. The van der Waals surface area contributed by atoms with Gasteiger partial charge < -0.3 is 31.2 Å². The van der Waals surface area contributed by atoms with Crippen LogP contribution in [0.5, 0.6) is 0 Å². The van der Waals surface area contributed by atoms with Gasteiger partial charge in [0.25, 0.3) is 5.91 Å². The molecule has 0 aromatic carbocycles. The molecule has 0 radical (unpaired) electrons. The number of nitrogens with two attached hydrogens (primary N) is 1.